The van der Waals surface area contributed by atoms with Crippen molar-refractivity contribution in [3.05, 3.63) is 40.5 Å². The maximum atomic E-state index is 4.73. The van der Waals surface area contributed by atoms with Gasteiger partial charge in [-0.05, 0) is 31.9 Å². The van der Waals surface area contributed by atoms with E-state index in [1.165, 1.54) is 10.4 Å². The topological polar surface area (TPSA) is 60.9 Å². The monoisotopic (exact) mass is 312 g/mol. The molecule has 4 rings (SSSR count). The van der Waals surface area contributed by atoms with Gasteiger partial charge in [0.05, 0.1) is 11.1 Å². The number of fused-ring (bicyclic) bond motifs is 3. The predicted octanol–water partition coefficient (Wildman–Crippen LogP) is 2.76. The summed E-state index contributed by atoms with van der Waals surface area (Å²) in [4.78, 5) is 11.6. The van der Waals surface area contributed by atoms with Gasteiger partial charge in [0.2, 0.25) is 0 Å². The highest BCUT2D eigenvalue weighted by molar-refractivity contribution is 7.18. The summed E-state index contributed by atoms with van der Waals surface area (Å²) < 4.78 is 3.63. The average molecular weight is 312 g/mol. The fraction of sp³-hybridized carbons (Fsp3) is 0.333. The molecule has 0 aliphatic carbocycles. The van der Waals surface area contributed by atoms with Crippen molar-refractivity contribution in [3.63, 3.8) is 0 Å². The minimum Gasteiger partial charge on any atom is -0.265 e. The molecule has 0 saturated heterocycles. The standard InChI is InChI=1S/C15H16N6S/c1-4-11-10(3)22-15-13(11)14-17-12(19-21(14)8-16-15)7-20-6-5-9(2)18-20/h5-6,8H,4,7H2,1-3H3. The smallest absolute Gasteiger partial charge is 0.173 e. The molecule has 4 aromatic rings. The van der Waals surface area contributed by atoms with Gasteiger partial charge in [0, 0.05) is 11.1 Å². The molecule has 4 aromatic heterocycles. The van der Waals surface area contributed by atoms with Crippen molar-refractivity contribution in [1.29, 1.82) is 0 Å². The van der Waals surface area contributed by atoms with E-state index in [1.807, 2.05) is 23.9 Å². The molecule has 4 heterocycles. The molecule has 112 valence electrons. The largest absolute Gasteiger partial charge is 0.265 e. The highest BCUT2D eigenvalue weighted by Crippen LogP contribution is 2.31. The van der Waals surface area contributed by atoms with Crippen molar-refractivity contribution in [2.45, 2.75) is 33.7 Å². The molecular formula is C15H16N6S. The predicted molar refractivity (Wildman–Crippen MR) is 86.3 cm³/mol. The van der Waals surface area contributed by atoms with Gasteiger partial charge in [-0.3, -0.25) is 4.68 Å². The summed E-state index contributed by atoms with van der Waals surface area (Å²) in [6.45, 7) is 6.86. The van der Waals surface area contributed by atoms with E-state index in [9.17, 15) is 0 Å². The molecule has 0 amide bonds. The van der Waals surface area contributed by atoms with Gasteiger partial charge in [0.25, 0.3) is 0 Å². The zero-order valence-corrected chi connectivity index (χ0v) is 13.6. The Morgan fingerprint density at radius 3 is 2.82 bits per heavy atom. The molecule has 0 unspecified atom stereocenters. The highest BCUT2D eigenvalue weighted by atomic mass is 32.1. The quantitative estimate of drug-likeness (QED) is 0.583. The molecule has 7 heteroatoms. The zero-order valence-electron chi connectivity index (χ0n) is 12.7. The van der Waals surface area contributed by atoms with Crippen molar-refractivity contribution in [1.82, 2.24) is 29.4 Å². The molecule has 0 fully saturated rings. The van der Waals surface area contributed by atoms with Crippen LogP contribution in [0.25, 0.3) is 15.9 Å². The van der Waals surface area contributed by atoms with Crippen molar-refractivity contribution in [2.75, 3.05) is 0 Å². The third kappa shape index (κ3) is 2.00. The summed E-state index contributed by atoms with van der Waals surface area (Å²) in [5, 5.41) is 10.1. The highest BCUT2D eigenvalue weighted by Gasteiger charge is 2.15. The van der Waals surface area contributed by atoms with Crippen LogP contribution in [0, 0.1) is 13.8 Å². The van der Waals surface area contributed by atoms with Gasteiger partial charge < -0.3 is 0 Å². The first-order chi connectivity index (χ1) is 10.7. The first kappa shape index (κ1) is 13.4. The molecule has 0 radical (unpaired) electrons. The molecule has 0 aromatic carbocycles. The Morgan fingerprint density at radius 1 is 1.23 bits per heavy atom. The van der Waals surface area contributed by atoms with Gasteiger partial charge in [-0.1, -0.05) is 6.92 Å². The lowest BCUT2D eigenvalue weighted by Gasteiger charge is -1.96. The van der Waals surface area contributed by atoms with Crippen molar-refractivity contribution in [2.24, 2.45) is 0 Å². The van der Waals surface area contributed by atoms with Crippen LogP contribution in [0.15, 0.2) is 18.6 Å². The Hall–Kier alpha value is -2.28. The number of aromatic nitrogens is 6. The maximum absolute atomic E-state index is 4.73. The average Bonchev–Trinajstić information content (AvgIpc) is 3.15. The van der Waals surface area contributed by atoms with E-state index in [2.05, 4.69) is 29.0 Å². The molecule has 6 nitrogen and oxygen atoms in total. The van der Waals surface area contributed by atoms with Crippen molar-refractivity contribution >= 4 is 27.2 Å². The summed E-state index contributed by atoms with van der Waals surface area (Å²) >= 11 is 1.72. The lowest BCUT2D eigenvalue weighted by atomic mass is 10.1. The van der Waals surface area contributed by atoms with Crippen LogP contribution < -0.4 is 0 Å². The number of hydrogen-bond donors (Lipinski definition) is 0. The van der Waals surface area contributed by atoms with Gasteiger partial charge in [0.1, 0.15) is 17.7 Å². The summed E-state index contributed by atoms with van der Waals surface area (Å²) in [7, 11) is 0. The van der Waals surface area contributed by atoms with Crippen LogP contribution in [-0.4, -0.2) is 29.4 Å². The van der Waals surface area contributed by atoms with Crippen molar-refractivity contribution < 1.29 is 0 Å². The van der Waals surface area contributed by atoms with E-state index in [0.29, 0.717) is 6.54 Å². The fourth-order valence-electron chi connectivity index (χ4n) is 2.80. The second kappa shape index (κ2) is 4.88. The second-order valence-corrected chi connectivity index (χ2v) is 6.57. The van der Waals surface area contributed by atoms with Crippen LogP contribution in [0.3, 0.4) is 0 Å². The Balaban J connectivity index is 1.87. The van der Waals surface area contributed by atoms with Crippen LogP contribution in [-0.2, 0) is 13.0 Å². The summed E-state index contributed by atoms with van der Waals surface area (Å²) in [5.41, 5.74) is 3.21. The molecule has 0 aliphatic rings. The number of rotatable bonds is 3. The molecule has 0 atom stereocenters. The normalized spacial score (nSPS) is 11.8. The van der Waals surface area contributed by atoms with Crippen LogP contribution in [0.1, 0.15) is 28.9 Å². The van der Waals surface area contributed by atoms with Gasteiger partial charge >= 0.3 is 0 Å². The summed E-state index contributed by atoms with van der Waals surface area (Å²) in [6.07, 6.45) is 4.67. The van der Waals surface area contributed by atoms with Crippen LogP contribution in [0.2, 0.25) is 0 Å². The summed E-state index contributed by atoms with van der Waals surface area (Å²) in [5.74, 6) is 0.753. The molecule has 0 aliphatic heterocycles. The summed E-state index contributed by atoms with van der Waals surface area (Å²) in [6, 6.07) is 1.98. The fourth-order valence-corrected chi connectivity index (χ4v) is 3.87. The van der Waals surface area contributed by atoms with E-state index < -0.39 is 0 Å². The molecule has 0 saturated carbocycles. The van der Waals surface area contributed by atoms with Gasteiger partial charge in [0.15, 0.2) is 11.5 Å². The number of nitrogens with zero attached hydrogens (tertiary/aromatic N) is 6. The van der Waals surface area contributed by atoms with Gasteiger partial charge in [-0.2, -0.15) is 5.10 Å². The zero-order chi connectivity index (χ0) is 15.3. The Bertz CT molecular complexity index is 977. The molecule has 0 bridgehead atoms. The first-order valence-corrected chi connectivity index (χ1v) is 8.09. The number of aryl methyl sites for hydroxylation is 3. The Morgan fingerprint density at radius 2 is 2.09 bits per heavy atom. The molecule has 0 N–H and O–H groups in total. The minimum atomic E-state index is 0.571. The Kier molecular flexibility index (Phi) is 2.97. The molecular weight excluding hydrogens is 296 g/mol. The van der Waals surface area contributed by atoms with Crippen LogP contribution in [0.5, 0.6) is 0 Å². The lowest BCUT2D eigenvalue weighted by Crippen LogP contribution is -2.02. The van der Waals surface area contributed by atoms with Gasteiger partial charge in [-0.15, -0.1) is 16.4 Å². The second-order valence-electron chi connectivity index (χ2n) is 5.37. The number of hydrogen-bond acceptors (Lipinski definition) is 5. The van der Waals surface area contributed by atoms with E-state index in [4.69, 9.17) is 4.98 Å². The minimum absolute atomic E-state index is 0.571. The third-order valence-corrected chi connectivity index (χ3v) is 4.86. The lowest BCUT2D eigenvalue weighted by molar-refractivity contribution is 0.648. The van der Waals surface area contributed by atoms with Crippen molar-refractivity contribution in [3.8, 4) is 0 Å². The SMILES string of the molecule is CCc1c(C)sc2ncn3nc(Cn4ccc(C)n4)nc3c12. The first-order valence-electron chi connectivity index (χ1n) is 7.28. The van der Waals surface area contributed by atoms with E-state index in [0.717, 1.165) is 33.8 Å². The van der Waals surface area contributed by atoms with E-state index in [-0.39, 0.29) is 0 Å². The van der Waals surface area contributed by atoms with Crippen LogP contribution in [0.4, 0.5) is 0 Å². The van der Waals surface area contributed by atoms with Crippen LogP contribution >= 0.6 is 11.3 Å². The van der Waals surface area contributed by atoms with Gasteiger partial charge in [-0.25, -0.2) is 14.5 Å². The number of thiophene rings is 1. The Labute approximate surface area is 131 Å². The third-order valence-electron chi connectivity index (χ3n) is 3.80. The molecule has 22 heavy (non-hydrogen) atoms. The van der Waals surface area contributed by atoms with E-state index in [1.54, 1.807) is 22.2 Å². The van der Waals surface area contributed by atoms with E-state index >= 15 is 0 Å². The maximum Gasteiger partial charge on any atom is 0.173 e. The molecule has 0 spiro atoms.